The fourth-order valence-electron chi connectivity index (χ4n) is 15.0. The Morgan fingerprint density at radius 1 is 0.505 bits per heavy atom. The third-order valence-electron chi connectivity index (χ3n) is 20.9. The summed E-state index contributed by atoms with van der Waals surface area (Å²) >= 11 is 0. The molecule has 109 heavy (non-hydrogen) atoms. The van der Waals surface area contributed by atoms with Crippen molar-refractivity contribution in [1.82, 2.24) is 30.4 Å². The van der Waals surface area contributed by atoms with Crippen molar-refractivity contribution in [2.24, 2.45) is 23.7 Å². The number of hydrogen-bond donors (Lipinski definition) is 5. The van der Waals surface area contributed by atoms with Crippen LogP contribution in [-0.2, 0) is 38.2 Å². The topological polar surface area (TPSA) is 341 Å². The minimum atomic E-state index is -1.05. The van der Waals surface area contributed by atoms with Gasteiger partial charge in [-0.15, -0.1) is 0 Å². The van der Waals surface area contributed by atoms with E-state index in [0.717, 1.165) is 94.1 Å². The molecule has 8 aromatic rings. The van der Waals surface area contributed by atoms with E-state index in [2.05, 4.69) is 25.9 Å². The normalized spacial score (nSPS) is 20.2. The van der Waals surface area contributed by atoms with E-state index in [1.165, 1.54) is 24.3 Å². The molecule has 2 aromatic heterocycles. The number of piperidine rings is 2. The van der Waals surface area contributed by atoms with Crippen LogP contribution in [0.5, 0.6) is 23.0 Å². The monoisotopic (exact) mass is 1490 g/mol. The molecule has 2 unspecified atom stereocenters. The SMILES string of the molecule is C[C@@H](C(=O)Nc1ccc(OCCOCCOc2cccc3c2C(=O)N(C2CCC(=O)NC2=O)C3=O)cc1)C1CCC(c2ccnc3ccc(F)cc23)CC1.C[C@@H](C(=O)O)C1CCC(c2ccnc3ccc(F)cc23)CC1.Nc1ccc(OCCOCCOc2cccc3c2C(=O)N(C2CCC(=O)NC2=O)C3=O)cc1. The quantitative estimate of drug-likeness (QED) is 0.0202. The lowest BCUT2D eigenvalue weighted by atomic mass is 9.73. The zero-order valence-corrected chi connectivity index (χ0v) is 60.2. The number of amides is 9. The van der Waals surface area contributed by atoms with E-state index in [4.69, 9.17) is 39.3 Å². The van der Waals surface area contributed by atoms with E-state index in [-0.39, 0.29) is 140 Å². The van der Waals surface area contributed by atoms with Crippen molar-refractivity contribution in [1.29, 1.82) is 0 Å². The Labute approximate surface area is 626 Å². The van der Waals surface area contributed by atoms with E-state index < -0.39 is 65.3 Å². The first-order valence-corrected chi connectivity index (χ1v) is 36.6. The van der Waals surface area contributed by atoms with E-state index in [1.54, 1.807) is 116 Å². The molecule has 4 atom stereocenters. The van der Waals surface area contributed by atoms with Gasteiger partial charge in [-0.2, -0.15) is 0 Å². The molecule has 27 heteroatoms. The number of halogens is 2. The van der Waals surface area contributed by atoms with Gasteiger partial charge in [0, 0.05) is 53.3 Å². The molecule has 2 saturated carbocycles. The Kier molecular flexibility index (Phi) is 25.0. The van der Waals surface area contributed by atoms with E-state index in [9.17, 15) is 56.7 Å². The molecule has 0 radical (unpaired) electrons. The Balaban J connectivity index is 0.000000170. The van der Waals surface area contributed by atoms with Crippen LogP contribution in [0.25, 0.3) is 21.8 Å². The lowest BCUT2D eigenvalue weighted by Crippen LogP contribution is -2.54. The molecule has 4 aliphatic heterocycles. The number of carboxylic acid groups (broad SMARTS) is 1. The first kappa shape index (κ1) is 77.0. The molecule has 0 spiro atoms. The lowest BCUT2D eigenvalue weighted by Gasteiger charge is -2.32. The number of ether oxygens (including phenoxy) is 6. The van der Waals surface area contributed by atoms with Gasteiger partial charge in [0.2, 0.25) is 29.5 Å². The summed E-state index contributed by atoms with van der Waals surface area (Å²) in [5.41, 5.74) is 11.4. The molecular formula is C82H84F2N8O17. The van der Waals surface area contributed by atoms with E-state index in [1.807, 2.05) is 19.1 Å². The number of aromatic nitrogens is 2. The Morgan fingerprint density at radius 2 is 0.917 bits per heavy atom. The highest BCUT2D eigenvalue weighted by Gasteiger charge is 2.48. The van der Waals surface area contributed by atoms with Crippen molar-refractivity contribution in [3.63, 3.8) is 0 Å². The third kappa shape index (κ3) is 18.4. The fourth-order valence-corrected chi connectivity index (χ4v) is 15.0. The van der Waals surface area contributed by atoms with Crippen LogP contribution >= 0.6 is 0 Å². The lowest BCUT2D eigenvalue weighted by molar-refractivity contribution is -0.143. The predicted molar refractivity (Wildman–Crippen MR) is 395 cm³/mol. The molecule has 9 amide bonds. The molecule has 14 rings (SSSR count). The number of hydrogen-bond acceptors (Lipinski definition) is 19. The van der Waals surface area contributed by atoms with Gasteiger partial charge in [-0.3, -0.25) is 78.3 Å². The van der Waals surface area contributed by atoms with Gasteiger partial charge in [0.25, 0.3) is 23.6 Å². The number of imide groups is 4. The van der Waals surface area contributed by atoms with Crippen molar-refractivity contribution in [2.75, 3.05) is 63.9 Å². The van der Waals surface area contributed by atoms with Crippen LogP contribution in [0.1, 0.15) is 155 Å². The average molecular weight is 1490 g/mol. The Hall–Kier alpha value is -11.6. The molecule has 2 saturated heterocycles. The van der Waals surface area contributed by atoms with Crippen LogP contribution in [0.15, 0.2) is 146 Å². The van der Waals surface area contributed by atoms with E-state index >= 15 is 0 Å². The molecule has 2 aliphatic carbocycles. The summed E-state index contributed by atoms with van der Waals surface area (Å²) in [7, 11) is 0. The summed E-state index contributed by atoms with van der Waals surface area (Å²) in [4.78, 5) is 134. The van der Waals surface area contributed by atoms with Gasteiger partial charge in [0.15, 0.2) is 0 Å². The molecular weight excluding hydrogens is 1410 g/mol. The van der Waals surface area contributed by atoms with Crippen LogP contribution in [0.2, 0.25) is 0 Å². The van der Waals surface area contributed by atoms with Crippen LogP contribution in [0.4, 0.5) is 20.2 Å². The first-order chi connectivity index (χ1) is 52.7. The number of carboxylic acids is 1. The van der Waals surface area contributed by atoms with Crippen LogP contribution in [0, 0.1) is 35.3 Å². The summed E-state index contributed by atoms with van der Waals surface area (Å²) in [5.74, 6) is -3.35. The number of anilines is 2. The van der Waals surface area contributed by atoms with Gasteiger partial charge in [0.1, 0.15) is 73.1 Å². The molecule has 6 aromatic carbocycles. The first-order valence-electron chi connectivity index (χ1n) is 36.6. The number of fused-ring (bicyclic) bond motifs is 4. The van der Waals surface area contributed by atoms with Gasteiger partial charge in [-0.1, -0.05) is 26.0 Å². The van der Waals surface area contributed by atoms with Gasteiger partial charge in [-0.05, 0) is 220 Å². The number of carbonyl (C=O) groups excluding carboxylic acids is 9. The summed E-state index contributed by atoms with van der Waals surface area (Å²) in [6.07, 6.45) is 11.3. The van der Waals surface area contributed by atoms with Crippen molar-refractivity contribution < 1.29 is 90.3 Å². The maximum Gasteiger partial charge on any atom is 0.306 e. The van der Waals surface area contributed by atoms with Crippen LogP contribution in [0.3, 0.4) is 0 Å². The second-order valence-corrected chi connectivity index (χ2v) is 27.7. The number of nitrogen functional groups attached to an aromatic ring is 1. The minimum absolute atomic E-state index is 0.0257. The number of nitrogens with two attached hydrogens (primary N) is 1. The van der Waals surface area contributed by atoms with Gasteiger partial charge in [0.05, 0.1) is 65.6 Å². The second kappa shape index (κ2) is 35.4. The molecule has 6 heterocycles. The average Bonchev–Trinajstić information content (AvgIpc) is 1.62. The largest absolute Gasteiger partial charge is 0.491 e. The Bertz CT molecular complexity index is 4740. The number of aliphatic carboxylic acids is 1. The zero-order valence-electron chi connectivity index (χ0n) is 60.2. The van der Waals surface area contributed by atoms with Crippen LogP contribution < -0.4 is 40.6 Å². The molecule has 4 fully saturated rings. The number of nitrogens with one attached hydrogen (secondary N) is 3. The Morgan fingerprint density at radius 3 is 1.34 bits per heavy atom. The van der Waals surface area contributed by atoms with Crippen molar-refractivity contribution in [2.45, 2.75) is 115 Å². The summed E-state index contributed by atoms with van der Waals surface area (Å²) in [6, 6.07) is 34.9. The zero-order chi connectivity index (χ0) is 76.8. The highest BCUT2D eigenvalue weighted by atomic mass is 19.1. The summed E-state index contributed by atoms with van der Waals surface area (Å²) in [6.45, 7) is 5.68. The highest BCUT2D eigenvalue weighted by molar-refractivity contribution is 6.25. The van der Waals surface area contributed by atoms with Crippen molar-refractivity contribution in [3.8, 4) is 23.0 Å². The fraction of sp³-hybridized carbons (Fsp3) is 0.366. The summed E-state index contributed by atoms with van der Waals surface area (Å²) < 4.78 is 61.4. The molecule has 6 N–H and O–H groups in total. The number of pyridine rings is 2. The second-order valence-electron chi connectivity index (χ2n) is 27.7. The summed E-state index contributed by atoms with van der Waals surface area (Å²) in [5, 5.41) is 18.3. The number of benzene rings is 6. The van der Waals surface area contributed by atoms with Gasteiger partial charge in [-0.25, -0.2) is 8.78 Å². The maximum absolute atomic E-state index is 14.0. The predicted octanol–water partition coefficient (Wildman–Crippen LogP) is 11.3. The minimum Gasteiger partial charge on any atom is -0.491 e. The standard InChI is InChI=1S/C41H41FN4O8.C23H23N3O7.C18H20FNO2/c1-24(25-5-7-26(8-6-25)30-17-18-43-33-14-9-27(42)23-32(30)33)38(48)44-28-10-12-29(13-11-28)53-21-19-52-20-22-54-35-4-2-3-31-37(35)41(51)46(40(31)50)34-15-16-36(47)45-39(34)49;24-14-4-6-15(7-5-14)32-12-10-31-11-13-33-18-3-1-2-16-20(18)23(30)26(22(16)29)17-8-9-19(27)25-21(17)28;1-11(18(21)22)12-2-4-13(5-3-12)15-8-9-20-17-7-6-14(19)10-16(15)17/h2-4,9-14,17-18,23-26,34H,5-8,15-16,19-22H2,1H3,(H,44,48)(H,45,47,49);1-7,17H,8-13,24H2,(H,25,27,28);6-13H,2-5H2,1H3,(H,21,22)/t24-,25?,26?,34?;;11-,12?,13?/m1.1/s1. The maximum atomic E-state index is 14.0. The van der Waals surface area contributed by atoms with Crippen molar-refractivity contribution >= 4 is 92.3 Å². The van der Waals surface area contributed by atoms with E-state index in [0.29, 0.717) is 47.9 Å². The van der Waals surface area contributed by atoms with Crippen LogP contribution in [-0.4, -0.2) is 149 Å². The van der Waals surface area contributed by atoms with Gasteiger partial charge >= 0.3 is 5.97 Å². The molecule has 0 bridgehead atoms. The molecule has 25 nitrogen and oxygen atoms in total. The third-order valence-corrected chi connectivity index (χ3v) is 20.9. The molecule has 6 aliphatic rings. The number of rotatable bonds is 25. The number of nitrogens with zero attached hydrogens (tertiary/aromatic N) is 4. The van der Waals surface area contributed by atoms with Crippen molar-refractivity contribution in [3.05, 3.63) is 191 Å². The molecule has 568 valence electrons. The highest BCUT2D eigenvalue weighted by Crippen LogP contribution is 2.44. The van der Waals surface area contributed by atoms with Gasteiger partial charge < -0.3 is 44.6 Å². The smallest absolute Gasteiger partial charge is 0.306 e. The number of carbonyl (C=O) groups is 10.